The van der Waals surface area contributed by atoms with E-state index in [1.54, 1.807) is 0 Å². The lowest BCUT2D eigenvalue weighted by Gasteiger charge is -2.08. The predicted octanol–water partition coefficient (Wildman–Crippen LogP) is 4.40. The summed E-state index contributed by atoms with van der Waals surface area (Å²) in [5.74, 6) is 0. The van der Waals surface area contributed by atoms with Gasteiger partial charge in [-0.3, -0.25) is 0 Å². The highest BCUT2D eigenvalue weighted by Crippen LogP contribution is 2.32. The van der Waals surface area contributed by atoms with Gasteiger partial charge in [-0.05, 0) is 17.7 Å². The van der Waals surface area contributed by atoms with Crippen LogP contribution in [-0.4, -0.2) is 0 Å². The molecule has 0 N–H and O–H groups in total. The van der Waals surface area contributed by atoms with Crippen LogP contribution in [0.4, 0.5) is 13.2 Å². The number of rotatable bonds is 1. The molecule has 0 aliphatic carbocycles. The molecule has 0 saturated heterocycles. The van der Waals surface area contributed by atoms with Gasteiger partial charge in [0, 0.05) is 8.90 Å². The highest BCUT2D eigenvalue weighted by atomic mass is 127. The minimum absolute atomic E-state index is 0.511. The summed E-state index contributed by atoms with van der Waals surface area (Å²) in [7, 11) is 0. The smallest absolute Gasteiger partial charge is 0.166 e. The molecule has 13 heavy (non-hydrogen) atoms. The van der Waals surface area contributed by atoms with E-state index in [9.17, 15) is 13.2 Å². The highest BCUT2D eigenvalue weighted by Gasteiger charge is 2.30. The molecule has 72 valence electrons. The Labute approximate surface area is 95.8 Å². The second-order valence-corrected chi connectivity index (χ2v) is 4.05. The number of hydrogen-bond donors (Lipinski definition) is 0. The number of benzene rings is 1. The zero-order chi connectivity index (χ0) is 10.1. The van der Waals surface area contributed by atoms with E-state index < -0.39 is 11.7 Å². The van der Waals surface area contributed by atoms with E-state index in [0.29, 0.717) is 8.90 Å². The van der Waals surface area contributed by atoms with Crippen LogP contribution < -0.4 is 0 Å². The highest BCUT2D eigenvalue weighted by molar-refractivity contribution is 14.1. The standard InChI is InChI=1S/C8H5BrF3I/c9-7-3-6(8(10,11)12)2-1-5(7)4-13/h1-3H,4H2. The number of halogens is 5. The monoisotopic (exact) mass is 364 g/mol. The van der Waals surface area contributed by atoms with E-state index in [1.165, 1.54) is 6.07 Å². The Morgan fingerprint density at radius 3 is 2.31 bits per heavy atom. The van der Waals surface area contributed by atoms with Gasteiger partial charge in [0.1, 0.15) is 0 Å². The summed E-state index contributed by atoms with van der Waals surface area (Å²) < 4.78 is 37.7. The van der Waals surface area contributed by atoms with Gasteiger partial charge < -0.3 is 0 Å². The molecule has 5 heteroatoms. The lowest BCUT2D eigenvalue weighted by molar-refractivity contribution is -0.137. The molecule has 0 saturated carbocycles. The fourth-order valence-electron chi connectivity index (χ4n) is 0.832. The van der Waals surface area contributed by atoms with Gasteiger partial charge in [-0.1, -0.05) is 44.6 Å². The van der Waals surface area contributed by atoms with Gasteiger partial charge in [-0.25, -0.2) is 0 Å². The van der Waals surface area contributed by atoms with Gasteiger partial charge in [0.15, 0.2) is 0 Å². The normalized spacial score (nSPS) is 11.8. The molecule has 0 atom stereocenters. The summed E-state index contributed by atoms with van der Waals surface area (Å²) in [6, 6.07) is 3.69. The minimum Gasteiger partial charge on any atom is -0.166 e. The fourth-order valence-corrected chi connectivity index (χ4v) is 2.54. The first kappa shape index (κ1) is 11.3. The second-order valence-electron chi connectivity index (χ2n) is 2.44. The molecule has 1 aromatic carbocycles. The average Bonchev–Trinajstić information content (AvgIpc) is 2.02. The zero-order valence-corrected chi connectivity index (χ0v) is 10.1. The molecular formula is C8H5BrF3I. The first-order valence-electron chi connectivity index (χ1n) is 3.36. The maximum absolute atomic E-state index is 12.2. The van der Waals surface area contributed by atoms with Crippen molar-refractivity contribution in [3.05, 3.63) is 33.8 Å². The van der Waals surface area contributed by atoms with Crippen LogP contribution in [0, 0.1) is 0 Å². The molecular weight excluding hydrogens is 360 g/mol. The van der Waals surface area contributed by atoms with Crippen molar-refractivity contribution in [2.24, 2.45) is 0 Å². The summed E-state index contributed by atoms with van der Waals surface area (Å²) >= 11 is 5.20. The van der Waals surface area contributed by atoms with Crippen LogP contribution in [0.3, 0.4) is 0 Å². The lowest BCUT2D eigenvalue weighted by atomic mass is 10.1. The van der Waals surface area contributed by atoms with Crippen molar-refractivity contribution >= 4 is 38.5 Å². The van der Waals surface area contributed by atoms with Crippen LogP contribution >= 0.6 is 38.5 Å². The first-order chi connectivity index (χ1) is 5.95. The third kappa shape index (κ3) is 2.83. The van der Waals surface area contributed by atoms with Gasteiger partial charge in [0.25, 0.3) is 0 Å². The van der Waals surface area contributed by atoms with E-state index >= 15 is 0 Å². The fraction of sp³-hybridized carbons (Fsp3) is 0.250. The van der Waals surface area contributed by atoms with Crippen molar-refractivity contribution in [1.82, 2.24) is 0 Å². The maximum Gasteiger partial charge on any atom is 0.416 e. The molecule has 0 aliphatic rings. The third-order valence-electron chi connectivity index (χ3n) is 1.52. The van der Waals surface area contributed by atoms with E-state index in [4.69, 9.17) is 0 Å². The van der Waals surface area contributed by atoms with Crippen LogP contribution in [0.2, 0.25) is 0 Å². The molecule has 0 spiro atoms. The number of hydrogen-bond acceptors (Lipinski definition) is 0. The van der Waals surface area contributed by atoms with Gasteiger partial charge in [-0.15, -0.1) is 0 Å². The summed E-state index contributed by atoms with van der Waals surface area (Å²) in [5, 5.41) is 0. The van der Waals surface area contributed by atoms with Gasteiger partial charge in [0.2, 0.25) is 0 Å². The summed E-state index contributed by atoms with van der Waals surface area (Å²) in [6.07, 6.45) is -4.26. The van der Waals surface area contributed by atoms with Crippen LogP contribution in [0.15, 0.2) is 22.7 Å². The van der Waals surface area contributed by atoms with E-state index in [0.717, 1.165) is 17.7 Å². The van der Waals surface area contributed by atoms with Crippen LogP contribution in [0.25, 0.3) is 0 Å². The average molecular weight is 365 g/mol. The second kappa shape index (κ2) is 4.16. The van der Waals surface area contributed by atoms with E-state index in [-0.39, 0.29) is 0 Å². The SMILES string of the molecule is FC(F)(F)c1ccc(CI)c(Br)c1. The van der Waals surface area contributed by atoms with E-state index in [1.807, 2.05) is 0 Å². The van der Waals surface area contributed by atoms with Gasteiger partial charge in [0.05, 0.1) is 5.56 Å². The Bertz CT molecular complexity index is 309. The topological polar surface area (TPSA) is 0 Å². The molecule has 0 heterocycles. The molecule has 0 nitrogen and oxygen atoms in total. The Balaban J connectivity index is 3.10. The van der Waals surface area contributed by atoms with Crippen LogP contribution in [0.5, 0.6) is 0 Å². The quantitative estimate of drug-likeness (QED) is 0.511. The van der Waals surface area contributed by atoms with Crippen LogP contribution in [-0.2, 0) is 10.6 Å². The minimum atomic E-state index is -4.26. The molecule has 0 bridgehead atoms. The summed E-state index contributed by atoms with van der Waals surface area (Å²) in [4.78, 5) is 0. The van der Waals surface area contributed by atoms with Gasteiger partial charge >= 0.3 is 6.18 Å². The third-order valence-corrected chi connectivity index (χ3v) is 3.08. The molecule has 1 aromatic rings. The van der Waals surface area contributed by atoms with Crippen molar-refractivity contribution in [2.45, 2.75) is 10.6 Å². The first-order valence-corrected chi connectivity index (χ1v) is 5.68. The maximum atomic E-state index is 12.2. The zero-order valence-electron chi connectivity index (χ0n) is 6.33. The molecule has 0 aliphatic heterocycles. The van der Waals surface area contributed by atoms with Crippen molar-refractivity contribution in [3.63, 3.8) is 0 Å². The van der Waals surface area contributed by atoms with Crippen molar-refractivity contribution < 1.29 is 13.2 Å². The molecule has 0 radical (unpaired) electrons. The molecule has 1 rings (SSSR count). The molecule has 0 unspecified atom stereocenters. The summed E-state index contributed by atoms with van der Waals surface area (Å²) in [6.45, 7) is 0. The van der Waals surface area contributed by atoms with Gasteiger partial charge in [-0.2, -0.15) is 13.2 Å². The van der Waals surface area contributed by atoms with Crippen LogP contribution in [0.1, 0.15) is 11.1 Å². The van der Waals surface area contributed by atoms with Crippen molar-refractivity contribution in [2.75, 3.05) is 0 Å². The Morgan fingerprint density at radius 2 is 1.92 bits per heavy atom. The van der Waals surface area contributed by atoms with Crippen molar-refractivity contribution in [1.29, 1.82) is 0 Å². The molecule has 0 aromatic heterocycles. The summed E-state index contributed by atoms with van der Waals surface area (Å²) in [5.41, 5.74) is 0.251. The molecule has 0 amide bonds. The Hall–Kier alpha value is 0.220. The number of alkyl halides is 4. The molecule has 0 fully saturated rings. The largest absolute Gasteiger partial charge is 0.416 e. The van der Waals surface area contributed by atoms with E-state index in [2.05, 4.69) is 38.5 Å². The lowest BCUT2D eigenvalue weighted by Crippen LogP contribution is -2.04. The predicted molar refractivity (Wildman–Crippen MR) is 56.9 cm³/mol. The Morgan fingerprint density at radius 1 is 1.31 bits per heavy atom. The Kier molecular flexibility index (Phi) is 3.62. The van der Waals surface area contributed by atoms with Crippen molar-refractivity contribution in [3.8, 4) is 0 Å².